The van der Waals surface area contributed by atoms with Gasteiger partial charge in [-0.2, -0.15) is 4.98 Å². The third kappa shape index (κ3) is 7.10. The van der Waals surface area contributed by atoms with Crippen molar-refractivity contribution in [3.05, 3.63) is 53.2 Å². The molecular formula is C31H42ClN8O2P. The van der Waals surface area contributed by atoms with Gasteiger partial charge in [0.15, 0.2) is 5.82 Å². The van der Waals surface area contributed by atoms with Gasteiger partial charge >= 0.3 is 0 Å². The summed E-state index contributed by atoms with van der Waals surface area (Å²) in [6, 6.07) is 12.3. The highest BCUT2D eigenvalue weighted by Gasteiger charge is 2.27. The van der Waals surface area contributed by atoms with Gasteiger partial charge in [-0.1, -0.05) is 17.7 Å². The predicted molar refractivity (Wildman–Crippen MR) is 177 cm³/mol. The van der Waals surface area contributed by atoms with E-state index in [1.54, 1.807) is 26.6 Å². The summed E-state index contributed by atoms with van der Waals surface area (Å²) in [6.45, 7) is 12.0. The van der Waals surface area contributed by atoms with Crippen LogP contribution < -0.4 is 25.6 Å². The van der Waals surface area contributed by atoms with Crippen LogP contribution in [-0.4, -0.2) is 105 Å². The van der Waals surface area contributed by atoms with E-state index >= 15 is 0 Å². The Hall–Kier alpha value is -2.88. The maximum absolute atomic E-state index is 13.2. The third-order valence-corrected chi connectivity index (χ3v) is 10.4. The fraction of sp³-hybridized carbons (Fsp3) is 0.484. The van der Waals surface area contributed by atoms with E-state index in [0.717, 1.165) is 74.7 Å². The smallest absolute Gasteiger partial charge is 0.229 e. The zero-order valence-corrected chi connectivity index (χ0v) is 27.2. The first-order chi connectivity index (χ1) is 20.7. The van der Waals surface area contributed by atoms with Gasteiger partial charge in [0.2, 0.25) is 5.95 Å². The van der Waals surface area contributed by atoms with Crippen LogP contribution in [0.15, 0.2) is 42.6 Å². The van der Waals surface area contributed by atoms with Crippen LogP contribution in [0.3, 0.4) is 0 Å². The van der Waals surface area contributed by atoms with Crippen LogP contribution >= 0.6 is 18.7 Å². The molecule has 0 atom stereocenters. The summed E-state index contributed by atoms with van der Waals surface area (Å²) in [5.41, 5.74) is 3.88. The summed E-state index contributed by atoms with van der Waals surface area (Å²) in [6.07, 6.45) is 3.94. The predicted octanol–water partition coefficient (Wildman–Crippen LogP) is 5.04. The second-order valence-electron chi connectivity index (χ2n) is 12.1. The van der Waals surface area contributed by atoms with Gasteiger partial charge in [-0.3, -0.25) is 0 Å². The number of likely N-dealkylation sites (N-methyl/N-ethyl adjacent to an activating group) is 1. The fourth-order valence-electron chi connectivity index (χ4n) is 5.83. The Kier molecular flexibility index (Phi) is 8.85. The lowest BCUT2D eigenvalue weighted by molar-refractivity contribution is -0.0564. The summed E-state index contributed by atoms with van der Waals surface area (Å²) in [7, 11) is 1.32. The molecule has 0 unspecified atom stereocenters. The number of ether oxygens (including phenoxy) is 1. The van der Waals surface area contributed by atoms with Gasteiger partial charge in [0.25, 0.3) is 0 Å². The number of benzene rings is 2. The van der Waals surface area contributed by atoms with Crippen molar-refractivity contribution in [2.75, 3.05) is 95.4 Å². The van der Waals surface area contributed by atoms with Crippen LogP contribution in [0, 0.1) is 0 Å². The van der Waals surface area contributed by atoms with Crippen LogP contribution in [0.5, 0.6) is 5.75 Å². The van der Waals surface area contributed by atoms with Crippen LogP contribution in [0.4, 0.5) is 28.8 Å². The number of methoxy groups -OCH3 is 1. The molecule has 43 heavy (non-hydrogen) atoms. The molecule has 0 radical (unpaired) electrons. The van der Waals surface area contributed by atoms with E-state index in [4.69, 9.17) is 16.3 Å². The Balaban J connectivity index is 1.15. The zero-order chi connectivity index (χ0) is 30.1. The maximum atomic E-state index is 13.2. The molecule has 2 N–H and O–H groups in total. The van der Waals surface area contributed by atoms with Crippen molar-refractivity contribution in [1.29, 1.82) is 0 Å². The molecular weight excluding hydrogens is 583 g/mol. The molecule has 0 amide bonds. The standard InChI is InChI=1S/C31H42ClN8O2P/c1-37-11-15-39(16-12-37)40-17-13-38(14-18-40)24-8-10-26(28(20-24)42-2)35-31-33-21-25(32)30(36-31)34-27-9-7-23(22-5-6-22)19-29(27)43(3,4)41/h7-10,19-22H,5-6,11-18H2,1-4H3,(H2,33,34,35,36). The van der Waals surface area contributed by atoms with Crippen LogP contribution in [0.1, 0.15) is 24.3 Å². The van der Waals surface area contributed by atoms with Gasteiger partial charge in [-0.25, -0.2) is 15.0 Å². The van der Waals surface area contributed by atoms with Crippen LogP contribution in [-0.2, 0) is 4.57 Å². The Morgan fingerprint density at radius 1 is 0.907 bits per heavy atom. The SMILES string of the molecule is COc1cc(N2CCN(N3CCN(C)CC3)CC2)ccc1Nc1ncc(Cl)c(Nc2ccc(C3CC3)cc2P(C)(C)=O)n1. The Morgan fingerprint density at radius 2 is 1.58 bits per heavy atom. The number of hydrogen-bond donors (Lipinski definition) is 2. The average molecular weight is 625 g/mol. The van der Waals surface area contributed by atoms with Gasteiger partial charge < -0.3 is 29.7 Å². The minimum atomic E-state index is -2.55. The molecule has 0 bridgehead atoms. The molecule has 2 aliphatic heterocycles. The number of hydrazine groups is 1. The highest BCUT2D eigenvalue weighted by Crippen LogP contribution is 2.44. The first kappa shape index (κ1) is 30.2. The van der Waals surface area contributed by atoms with Gasteiger partial charge in [0.1, 0.15) is 17.9 Å². The number of rotatable bonds is 9. The maximum Gasteiger partial charge on any atom is 0.229 e. The van der Waals surface area contributed by atoms with E-state index in [1.807, 2.05) is 12.1 Å². The molecule has 6 rings (SSSR count). The molecule has 2 saturated heterocycles. The summed E-state index contributed by atoms with van der Waals surface area (Å²) in [4.78, 5) is 13.9. The number of halogens is 1. The molecule has 1 saturated carbocycles. The number of aromatic nitrogens is 2. The lowest BCUT2D eigenvalue weighted by atomic mass is 10.1. The summed E-state index contributed by atoms with van der Waals surface area (Å²) < 4.78 is 19.0. The molecule has 3 heterocycles. The molecule has 1 aliphatic carbocycles. The zero-order valence-electron chi connectivity index (χ0n) is 25.5. The minimum Gasteiger partial charge on any atom is -0.494 e. The third-order valence-electron chi connectivity index (χ3n) is 8.58. The van der Waals surface area contributed by atoms with E-state index in [1.165, 1.54) is 18.4 Å². The molecule has 3 aliphatic rings. The molecule has 230 valence electrons. The molecule has 3 aromatic rings. The molecule has 2 aromatic carbocycles. The Morgan fingerprint density at radius 3 is 2.23 bits per heavy atom. The van der Waals surface area contributed by atoms with Gasteiger partial charge in [0, 0.05) is 69.4 Å². The van der Waals surface area contributed by atoms with Crippen molar-refractivity contribution in [2.24, 2.45) is 0 Å². The topological polar surface area (TPSA) is 89.1 Å². The first-order valence-corrected chi connectivity index (χ1v) is 18.0. The number of anilines is 5. The van der Waals surface area contributed by atoms with Crippen molar-refractivity contribution in [2.45, 2.75) is 18.8 Å². The second-order valence-corrected chi connectivity index (χ2v) is 15.7. The molecule has 0 spiro atoms. The van der Waals surface area contributed by atoms with Crippen molar-refractivity contribution >= 4 is 52.9 Å². The normalized spacial score (nSPS) is 19.0. The van der Waals surface area contributed by atoms with Crippen molar-refractivity contribution in [3.63, 3.8) is 0 Å². The largest absolute Gasteiger partial charge is 0.494 e. The fourth-order valence-corrected chi connectivity index (χ4v) is 7.14. The van der Waals surface area contributed by atoms with Gasteiger partial charge in [-0.15, -0.1) is 0 Å². The van der Waals surface area contributed by atoms with Crippen LogP contribution in [0.2, 0.25) is 5.02 Å². The highest BCUT2D eigenvalue weighted by molar-refractivity contribution is 7.70. The molecule has 10 nitrogen and oxygen atoms in total. The summed E-state index contributed by atoms with van der Waals surface area (Å²) >= 11 is 6.52. The van der Waals surface area contributed by atoms with Crippen molar-refractivity contribution in [3.8, 4) is 5.75 Å². The average Bonchev–Trinajstić information content (AvgIpc) is 3.85. The monoisotopic (exact) mass is 624 g/mol. The van der Waals surface area contributed by atoms with E-state index in [-0.39, 0.29) is 0 Å². The van der Waals surface area contributed by atoms with Crippen LogP contribution in [0.25, 0.3) is 0 Å². The lowest BCUT2D eigenvalue weighted by Gasteiger charge is -2.44. The van der Waals surface area contributed by atoms with Gasteiger partial charge in [-0.05, 0) is 69.0 Å². The Bertz CT molecular complexity index is 1500. The number of nitrogens with zero attached hydrogens (tertiary/aromatic N) is 6. The lowest BCUT2D eigenvalue weighted by Crippen LogP contribution is -2.58. The number of nitrogens with one attached hydrogen (secondary N) is 2. The summed E-state index contributed by atoms with van der Waals surface area (Å²) in [5.74, 6) is 2.11. The van der Waals surface area contributed by atoms with Gasteiger partial charge in [0.05, 0.1) is 24.7 Å². The minimum absolute atomic E-state index is 0.378. The number of hydrogen-bond acceptors (Lipinski definition) is 10. The number of piperazine rings is 2. The van der Waals surface area contributed by atoms with E-state index in [2.05, 4.69) is 71.7 Å². The molecule has 3 fully saturated rings. The first-order valence-electron chi connectivity index (χ1n) is 15.1. The molecule has 12 heteroatoms. The Labute approximate surface area is 259 Å². The van der Waals surface area contributed by atoms with Crippen molar-refractivity contribution in [1.82, 2.24) is 24.9 Å². The quantitative estimate of drug-likeness (QED) is 0.316. The highest BCUT2D eigenvalue weighted by atomic mass is 35.5. The molecule has 1 aromatic heterocycles. The van der Waals surface area contributed by atoms with E-state index in [0.29, 0.717) is 28.5 Å². The summed E-state index contributed by atoms with van der Waals surface area (Å²) in [5, 5.41) is 12.8. The van der Waals surface area contributed by atoms with E-state index in [9.17, 15) is 4.57 Å². The van der Waals surface area contributed by atoms with E-state index < -0.39 is 7.14 Å². The van der Waals surface area contributed by atoms with Crippen molar-refractivity contribution < 1.29 is 9.30 Å². The second kappa shape index (κ2) is 12.6.